The fourth-order valence-corrected chi connectivity index (χ4v) is 3.49. The van der Waals surface area contributed by atoms with Gasteiger partial charge >= 0.3 is 0 Å². The van der Waals surface area contributed by atoms with Gasteiger partial charge in [-0.2, -0.15) is 17.6 Å². The number of thiazole rings is 1. The highest BCUT2D eigenvalue weighted by Gasteiger charge is 2.19. The number of amides is 1. The van der Waals surface area contributed by atoms with Crippen LogP contribution in [0.1, 0.15) is 15.4 Å². The van der Waals surface area contributed by atoms with Crippen molar-refractivity contribution < 1.29 is 13.2 Å². The van der Waals surface area contributed by atoms with Crippen LogP contribution < -0.4 is 5.32 Å². The Bertz CT molecular complexity index is 929. The van der Waals surface area contributed by atoms with Gasteiger partial charge in [0.25, 0.3) is 15.9 Å². The van der Waals surface area contributed by atoms with Crippen molar-refractivity contribution in [2.24, 2.45) is 0 Å². The minimum atomic E-state index is -3.78. The van der Waals surface area contributed by atoms with Crippen molar-refractivity contribution in [3.8, 4) is 0 Å². The van der Waals surface area contributed by atoms with Crippen LogP contribution in [0.15, 0.2) is 53.1 Å². The van der Waals surface area contributed by atoms with Gasteiger partial charge in [0.15, 0.2) is 5.01 Å². The molecule has 23 heavy (non-hydrogen) atoms. The molecule has 0 aliphatic heterocycles. The first-order chi connectivity index (χ1) is 11.0. The maximum absolute atomic E-state index is 12.5. The molecule has 0 atom stereocenters. The number of nitrogens with zero attached hydrogens (tertiary/aromatic N) is 3. The highest BCUT2D eigenvalue weighted by atomic mass is 32.2. The first-order valence-corrected chi connectivity index (χ1v) is 8.86. The van der Waals surface area contributed by atoms with Gasteiger partial charge in [-0.1, -0.05) is 17.7 Å². The summed E-state index contributed by atoms with van der Waals surface area (Å²) in [5.41, 5.74) is 1.24. The predicted molar refractivity (Wildman–Crippen MR) is 86.1 cm³/mol. The predicted octanol–water partition coefficient (Wildman–Crippen LogP) is 2.14. The number of carbonyl (C=O) groups excluding carboxylic acids is 1. The molecule has 0 aliphatic carbocycles. The average Bonchev–Trinajstić information content (AvgIpc) is 3.19. The number of benzene rings is 1. The molecule has 2 aromatic heterocycles. The fraction of sp³-hybridized carbons (Fsp3) is 0.0714. The monoisotopic (exact) mass is 348 g/mol. The highest BCUT2D eigenvalue weighted by molar-refractivity contribution is 7.89. The Morgan fingerprint density at radius 1 is 1.26 bits per heavy atom. The fourth-order valence-electron chi connectivity index (χ4n) is 1.84. The van der Waals surface area contributed by atoms with E-state index in [0.717, 1.165) is 9.65 Å². The molecule has 0 spiro atoms. The number of aryl methyl sites for hydroxylation is 1. The summed E-state index contributed by atoms with van der Waals surface area (Å²) in [7, 11) is -3.78. The lowest BCUT2D eigenvalue weighted by atomic mass is 10.2. The zero-order valence-electron chi connectivity index (χ0n) is 12.0. The van der Waals surface area contributed by atoms with Crippen LogP contribution in [0.5, 0.6) is 0 Å². The summed E-state index contributed by atoms with van der Waals surface area (Å²) >= 11 is 1.19. The van der Waals surface area contributed by atoms with Crippen molar-refractivity contribution in [3.05, 3.63) is 58.8 Å². The van der Waals surface area contributed by atoms with Gasteiger partial charge in [-0.25, -0.2) is 4.98 Å². The van der Waals surface area contributed by atoms with Gasteiger partial charge in [0.2, 0.25) is 0 Å². The molecule has 0 bridgehead atoms. The molecule has 0 unspecified atom stereocenters. The van der Waals surface area contributed by atoms with E-state index in [2.05, 4.69) is 15.4 Å². The summed E-state index contributed by atoms with van der Waals surface area (Å²) in [4.78, 5) is 15.9. The van der Waals surface area contributed by atoms with Gasteiger partial charge < -0.3 is 5.32 Å². The number of carbonyl (C=O) groups is 1. The summed E-state index contributed by atoms with van der Waals surface area (Å²) in [5, 5.41) is 8.35. The standard InChI is InChI=1S/C14H12N4O3S2/c1-10-2-4-12(5-3-10)23(20,21)18-9-11(8-16-18)17-13(19)14-15-6-7-22-14/h2-9H,1H3,(H,17,19). The molecule has 7 nitrogen and oxygen atoms in total. The normalized spacial score (nSPS) is 11.3. The lowest BCUT2D eigenvalue weighted by Crippen LogP contribution is -2.14. The van der Waals surface area contributed by atoms with Gasteiger partial charge in [0.1, 0.15) is 0 Å². The quantitative estimate of drug-likeness (QED) is 0.779. The SMILES string of the molecule is Cc1ccc(S(=O)(=O)n2cc(NC(=O)c3nccs3)cn2)cc1. The Kier molecular flexibility index (Phi) is 3.97. The van der Waals surface area contributed by atoms with Crippen LogP contribution in [-0.2, 0) is 10.0 Å². The lowest BCUT2D eigenvalue weighted by molar-refractivity contribution is 0.102. The van der Waals surface area contributed by atoms with Crippen LogP contribution in [0, 0.1) is 6.92 Å². The summed E-state index contributed by atoms with van der Waals surface area (Å²) in [6.07, 6.45) is 4.04. The van der Waals surface area contributed by atoms with Crippen LogP contribution >= 0.6 is 11.3 Å². The number of hydrogen-bond acceptors (Lipinski definition) is 6. The molecule has 1 N–H and O–H groups in total. The van der Waals surface area contributed by atoms with Crippen LogP contribution in [0.25, 0.3) is 0 Å². The Balaban J connectivity index is 1.84. The van der Waals surface area contributed by atoms with Gasteiger partial charge in [-0.05, 0) is 19.1 Å². The molecule has 0 radical (unpaired) electrons. The summed E-state index contributed by atoms with van der Waals surface area (Å²) in [6.45, 7) is 1.87. The van der Waals surface area contributed by atoms with Crippen molar-refractivity contribution in [1.82, 2.24) is 14.2 Å². The maximum Gasteiger partial charge on any atom is 0.284 e. The molecule has 9 heteroatoms. The first-order valence-electron chi connectivity index (χ1n) is 6.54. The molecule has 118 valence electrons. The minimum Gasteiger partial charge on any atom is -0.317 e. The number of anilines is 1. The maximum atomic E-state index is 12.5. The smallest absolute Gasteiger partial charge is 0.284 e. The molecule has 2 heterocycles. The van der Waals surface area contributed by atoms with Crippen molar-refractivity contribution in [2.75, 3.05) is 5.32 Å². The Morgan fingerprint density at radius 3 is 2.65 bits per heavy atom. The number of hydrogen-bond donors (Lipinski definition) is 1. The van der Waals surface area contributed by atoms with E-state index in [1.807, 2.05) is 6.92 Å². The summed E-state index contributed by atoms with van der Waals surface area (Å²) in [5.74, 6) is -0.410. The third-order valence-electron chi connectivity index (χ3n) is 3.01. The summed E-state index contributed by atoms with van der Waals surface area (Å²) < 4.78 is 25.7. The molecule has 3 rings (SSSR count). The molecule has 1 aromatic carbocycles. The van der Waals surface area contributed by atoms with Crippen LogP contribution in [-0.4, -0.2) is 28.5 Å². The zero-order valence-corrected chi connectivity index (χ0v) is 13.6. The lowest BCUT2D eigenvalue weighted by Gasteiger charge is -2.04. The molecular formula is C14H12N4O3S2. The van der Waals surface area contributed by atoms with E-state index in [0.29, 0.717) is 5.01 Å². The molecule has 3 aromatic rings. The van der Waals surface area contributed by atoms with Crippen molar-refractivity contribution >= 4 is 33.0 Å². The van der Waals surface area contributed by atoms with Crippen molar-refractivity contribution in [2.45, 2.75) is 11.8 Å². The Hall–Kier alpha value is -2.52. The minimum absolute atomic E-state index is 0.129. The van der Waals surface area contributed by atoms with Gasteiger partial charge in [-0.3, -0.25) is 4.79 Å². The van der Waals surface area contributed by atoms with Crippen molar-refractivity contribution in [3.63, 3.8) is 0 Å². The van der Waals surface area contributed by atoms with E-state index in [1.165, 1.54) is 42.1 Å². The molecule has 0 fully saturated rings. The van der Waals surface area contributed by atoms with E-state index in [-0.39, 0.29) is 10.6 Å². The third-order valence-corrected chi connectivity index (χ3v) is 5.34. The van der Waals surface area contributed by atoms with E-state index in [1.54, 1.807) is 17.5 Å². The van der Waals surface area contributed by atoms with Gasteiger partial charge in [-0.15, -0.1) is 11.3 Å². The number of nitrogens with one attached hydrogen (secondary N) is 1. The van der Waals surface area contributed by atoms with E-state index >= 15 is 0 Å². The van der Waals surface area contributed by atoms with Crippen LogP contribution in [0.3, 0.4) is 0 Å². The second-order valence-corrected chi connectivity index (χ2v) is 7.40. The third kappa shape index (κ3) is 3.15. The zero-order chi connectivity index (χ0) is 16.4. The number of rotatable bonds is 4. The van der Waals surface area contributed by atoms with Gasteiger partial charge in [0, 0.05) is 11.6 Å². The second-order valence-electron chi connectivity index (χ2n) is 4.71. The summed E-state index contributed by atoms with van der Waals surface area (Å²) in [6, 6.07) is 6.45. The van der Waals surface area contributed by atoms with E-state index in [9.17, 15) is 13.2 Å². The molecular weight excluding hydrogens is 336 g/mol. The van der Waals surface area contributed by atoms with Crippen LogP contribution in [0.4, 0.5) is 5.69 Å². The average molecular weight is 348 g/mol. The molecule has 0 saturated carbocycles. The number of aromatic nitrogens is 3. The van der Waals surface area contributed by atoms with Crippen molar-refractivity contribution in [1.29, 1.82) is 0 Å². The molecule has 0 saturated heterocycles. The largest absolute Gasteiger partial charge is 0.317 e. The Morgan fingerprint density at radius 2 is 2.00 bits per heavy atom. The highest BCUT2D eigenvalue weighted by Crippen LogP contribution is 2.17. The molecule has 1 amide bonds. The second kappa shape index (κ2) is 5.94. The Labute approximate surface area is 136 Å². The van der Waals surface area contributed by atoms with Crippen LogP contribution in [0.2, 0.25) is 0 Å². The van der Waals surface area contributed by atoms with E-state index < -0.39 is 15.9 Å². The topological polar surface area (TPSA) is 94.0 Å². The van der Waals surface area contributed by atoms with E-state index in [4.69, 9.17) is 0 Å². The molecule has 0 aliphatic rings. The first kappa shape index (κ1) is 15.4. The van der Waals surface area contributed by atoms with Gasteiger partial charge in [0.05, 0.1) is 23.0 Å².